The number of rotatable bonds is 8. The summed E-state index contributed by atoms with van der Waals surface area (Å²) in [7, 11) is 0. The van der Waals surface area contributed by atoms with Gasteiger partial charge >= 0.3 is 0 Å². The van der Waals surface area contributed by atoms with E-state index in [1.807, 2.05) is 0 Å². The average Bonchev–Trinajstić information content (AvgIpc) is 3.11. The van der Waals surface area contributed by atoms with Crippen LogP contribution in [0.3, 0.4) is 0 Å². The average molecular weight is 224 g/mol. The summed E-state index contributed by atoms with van der Waals surface area (Å²) >= 11 is 0. The maximum absolute atomic E-state index is 12.0. The van der Waals surface area contributed by atoms with Crippen LogP contribution in [0.5, 0.6) is 0 Å². The van der Waals surface area contributed by atoms with Gasteiger partial charge in [0.2, 0.25) is 5.91 Å². The number of carbonyl (C=O) groups is 1. The van der Waals surface area contributed by atoms with E-state index in [1.54, 1.807) is 0 Å². The Hall–Kier alpha value is -0.570. The third-order valence-electron chi connectivity index (χ3n) is 3.41. The fraction of sp³-hybridized carbons (Fsp3) is 0.923. The zero-order valence-corrected chi connectivity index (χ0v) is 10.4. The second kappa shape index (κ2) is 5.67. The second-order valence-electron chi connectivity index (χ2n) is 5.36. The minimum absolute atomic E-state index is 0.312. The first-order valence-corrected chi connectivity index (χ1v) is 6.78. The first-order chi connectivity index (χ1) is 7.79. The lowest BCUT2D eigenvalue weighted by Crippen LogP contribution is -2.40. The highest BCUT2D eigenvalue weighted by molar-refractivity contribution is 5.78. The van der Waals surface area contributed by atoms with Crippen LogP contribution in [-0.4, -0.2) is 37.0 Å². The van der Waals surface area contributed by atoms with Crippen LogP contribution in [0.25, 0.3) is 0 Å². The van der Waals surface area contributed by atoms with Gasteiger partial charge in [-0.1, -0.05) is 6.92 Å². The van der Waals surface area contributed by atoms with Gasteiger partial charge in [-0.25, -0.2) is 0 Å². The Morgan fingerprint density at radius 2 is 1.75 bits per heavy atom. The molecule has 0 aromatic heterocycles. The van der Waals surface area contributed by atoms with E-state index >= 15 is 0 Å². The number of carbonyl (C=O) groups excluding carboxylic acids is 1. The Bertz CT molecular complexity index is 220. The lowest BCUT2D eigenvalue weighted by atomic mass is 10.3. The number of hydrogen-bond donors (Lipinski definition) is 1. The SMILES string of the molecule is CCCNCC(=O)N(CC1CC1)CC1CC1. The van der Waals surface area contributed by atoms with Crippen LogP contribution in [0.1, 0.15) is 39.0 Å². The largest absolute Gasteiger partial charge is 0.341 e. The Morgan fingerprint density at radius 1 is 1.19 bits per heavy atom. The van der Waals surface area contributed by atoms with E-state index in [1.165, 1.54) is 25.7 Å². The number of nitrogens with zero attached hydrogens (tertiary/aromatic N) is 1. The Morgan fingerprint density at radius 3 is 2.19 bits per heavy atom. The zero-order chi connectivity index (χ0) is 11.4. The van der Waals surface area contributed by atoms with Gasteiger partial charge in [-0.15, -0.1) is 0 Å². The molecule has 0 heterocycles. The highest BCUT2D eigenvalue weighted by Crippen LogP contribution is 2.33. The van der Waals surface area contributed by atoms with Crippen molar-refractivity contribution in [3.63, 3.8) is 0 Å². The maximum atomic E-state index is 12.0. The number of nitrogens with one attached hydrogen (secondary N) is 1. The molecule has 2 aliphatic rings. The molecule has 0 atom stereocenters. The molecule has 3 nitrogen and oxygen atoms in total. The van der Waals surface area contributed by atoms with Crippen LogP contribution in [0.4, 0.5) is 0 Å². The quantitative estimate of drug-likeness (QED) is 0.636. The topological polar surface area (TPSA) is 32.3 Å². The van der Waals surface area contributed by atoms with Gasteiger partial charge in [-0.05, 0) is 50.5 Å². The lowest BCUT2D eigenvalue weighted by molar-refractivity contribution is -0.130. The van der Waals surface area contributed by atoms with E-state index in [0.29, 0.717) is 12.5 Å². The van der Waals surface area contributed by atoms with Crippen molar-refractivity contribution < 1.29 is 4.79 Å². The van der Waals surface area contributed by atoms with Crippen molar-refractivity contribution in [2.24, 2.45) is 11.8 Å². The van der Waals surface area contributed by atoms with Crippen molar-refractivity contribution in [3.8, 4) is 0 Å². The molecular formula is C13H24N2O. The van der Waals surface area contributed by atoms with Crippen LogP contribution >= 0.6 is 0 Å². The molecule has 0 radical (unpaired) electrons. The summed E-state index contributed by atoms with van der Waals surface area (Å²) in [5, 5.41) is 3.21. The molecule has 0 bridgehead atoms. The fourth-order valence-electron chi connectivity index (χ4n) is 1.99. The molecular weight excluding hydrogens is 200 g/mol. The van der Waals surface area contributed by atoms with E-state index in [0.717, 1.165) is 37.9 Å². The Balaban J connectivity index is 1.71. The van der Waals surface area contributed by atoms with Gasteiger partial charge in [-0.2, -0.15) is 0 Å². The minimum atomic E-state index is 0.312. The van der Waals surface area contributed by atoms with Crippen LogP contribution < -0.4 is 5.32 Å². The molecule has 2 saturated carbocycles. The van der Waals surface area contributed by atoms with E-state index < -0.39 is 0 Å². The molecule has 0 aromatic carbocycles. The van der Waals surface area contributed by atoms with Gasteiger partial charge in [0.1, 0.15) is 0 Å². The van der Waals surface area contributed by atoms with E-state index in [-0.39, 0.29) is 0 Å². The molecule has 0 spiro atoms. The standard InChI is InChI=1S/C13H24N2O/c1-2-7-14-8-13(16)15(9-11-3-4-11)10-12-5-6-12/h11-12,14H,2-10H2,1H3. The summed E-state index contributed by atoms with van der Waals surface area (Å²) in [5.74, 6) is 1.94. The van der Waals surface area contributed by atoms with Crippen molar-refractivity contribution in [1.29, 1.82) is 0 Å². The van der Waals surface area contributed by atoms with Crippen LogP contribution in [0.15, 0.2) is 0 Å². The maximum Gasteiger partial charge on any atom is 0.236 e. The van der Waals surface area contributed by atoms with Crippen molar-refractivity contribution in [1.82, 2.24) is 10.2 Å². The van der Waals surface area contributed by atoms with E-state index in [2.05, 4.69) is 17.1 Å². The van der Waals surface area contributed by atoms with Gasteiger partial charge in [0, 0.05) is 13.1 Å². The monoisotopic (exact) mass is 224 g/mol. The molecule has 3 heteroatoms. The summed E-state index contributed by atoms with van der Waals surface area (Å²) in [6, 6.07) is 0. The van der Waals surface area contributed by atoms with Crippen molar-refractivity contribution in [2.45, 2.75) is 39.0 Å². The molecule has 0 saturated heterocycles. The summed E-state index contributed by atoms with van der Waals surface area (Å²) in [6.07, 6.45) is 6.42. The minimum Gasteiger partial charge on any atom is -0.341 e. The van der Waals surface area contributed by atoms with Gasteiger partial charge < -0.3 is 10.2 Å². The summed E-state index contributed by atoms with van der Waals surface area (Å²) in [5.41, 5.74) is 0. The third-order valence-corrected chi connectivity index (χ3v) is 3.41. The van der Waals surface area contributed by atoms with Gasteiger partial charge in [0.05, 0.1) is 6.54 Å². The van der Waals surface area contributed by atoms with Gasteiger partial charge in [0.25, 0.3) is 0 Å². The van der Waals surface area contributed by atoms with Crippen molar-refractivity contribution >= 4 is 5.91 Å². The lowest BCUT2D eigenvalue weighted by Gasteiger charge is -2.22. The van der Waals surface area contributed by atoms with Crippen LogP contribution in [0, 0.1) is 11.8 Å². The summed E-state index contributed by atoms with van der Waals surface area (Å²) in [4.78, 5) is 14.1. The predicted molar refractivity (Wildman–Crippen MR) is 65.2 cm³/mol. The molecule has 2 rings (SSSR count). The summed E-state index contributed by atoms with van der Waals surface area (Å²) in [6.45, 7) is 5.65. The fourth-order valence-corrected chi connectivity index (χ4v) is 1.99. The van der Waals surface area contributed by atoms with Crippen molar-refractivity contribution in [2.75, 3.05) is 26.2 Å². The van der Waals surface area contributed by atoms with Crippen LogP contribution in [0.2, 0.25) is 0 Å². The molecule has 0 aliphatic heterocycles. The molecule has 0 unspecified atom stereocenters. The zero-order valence-electron chi connectivity index (χ0n) is 10.4. The first-order valence-electron chi connectivity index (χ1n) is 6.78. The highest BCUT2D eigenvalue weighted by Gasteiger charge is 2.31. The highest BCUT2D eigenvalue weighted by atomic mass is 16.2. The smallest absolute Gasteiger partial charge is 0.236 e. The molecule has 0 aromatic rings. The van der Waals surface area contributed by atoms with Gasteiger partial charge in [-0.3, -0.25) is 4.79 Å². The van der Waals surface area contributed by atoms with E-state index in [9.17, 15) is 4.79 Å². The number of hydrogen-bond acceptors (Lipinski definition) is 2. The molecule has 16 heavy (non-hydrogen) atoms. The second-order valence-corrected chi connectivity index (χ2v) is 5.36. The Labute approximate surface area is 98.6 Å². The van der Waals surface area contributed by atoms with Crippen LogP contribution in [-0.2, 0) is 4.79 Å². The van der Waals surface area contributed by atoms with Gasteiger partial charge in [0.15, 0.2) is 0 Å². The molecule has 1 amide bonds. The molecule has 2 fully saturated rings. The predicted octanol–water partition coefficient (Wildman–Crippen LogP) is 1.63. The number of amides is 1. The normalized spacial score (nSPS) is 19.8. The van der Waals surface area contributed by atoms with E-state index in [4.69, 9.17) is 0 Å². The molecule has 2 aliphatic carbocycles. The Kier molecular flexibility index (Phi) is 4.22. The summed E-state index contributed by atoms with van der Waals surface area (Å²) < 4.78 is 0. The first kappa shape index (κ1) is 11.9. The molecule has 92 valence electrons. The third kappa shape index (κ3) is 4.12. The van der Waals surface area contributed by atoms with Crippen molar-refractivity contribution in [3.05, 3.63) is 0 Å². The molecule has 1 N–H and O–H groups in total.